The first kappa shape index (κ1) is 16.0. The zero-order valence-electron chi connectivity index (χ0n) is 12.3. The Labute approximate surface area is 133 Å². The number of fused-ring (bicyclic) bond motifs is 1. The number of hydrogen-bond acceptors (Lipinski definition) is 7. The number of benzene rings is 1. The van der Waals surface area contributed by atoms with Gasteiger partial charge in [0.1, 0.15) is 0 Å². The molecule has 4 N–H and O–H groups in total. The summed E-state index contributed by atoms with van der Waals surface area (Å²) in [4.78, 5) is 11.9. The maximum absolute atomic E-state index is 12.4. The fourth-order valence-corrected chi connectivity index (χ4v) is 4.07. The van der Waals surface area contributed by atoms with Crippen molar-refractivity contribution in [1.82, 2.24) is 15.4 Å². The Morgan fingerprint density at radius 3 is 2.83 bits per heavy atom. The predicted molar refractivity (Wildman–Crippen MR) is 78.9 cm³/mol. The zero-order valence-corrected chi connectivity index (χ0v) is 13.1. The number of amides is 1. The van der Waals surface area contributed by atoms with Crippen LogP contribution in [0.5, 0.6) is 11.5 Å². The van der Waals surface area contributed by atoms with Crippen LogP contribution in [0.25, 0.3) is 0 Å². The summed E-state index contributed by atoms with van der Waals surface area (Å²) in [5.74, 6) is 0.410. The minimum absolute atomic E-state index is 0.0119. The third-order valence-electron chi connectivity index (χ3n) is 3.66. The summed E-state index contributed by atoms with van der Waals surface area (Å²) in [7, 11) is -3.93. The minimum Gasteiger partial charge on any atom is -0.454 e. The molecule has 0 saturated carbocycles. The van der Waals surface area contributed by atoms with Gasteiger partial charge in [-0.3, -0.25) is 10.1 Å². The highest BCUT2D eigenvalue weighted by Gasteiger charge is 2.42. The standard InChI is InChI=1S/C13H17N3O6S/c1-7-11(12(17)16-13(18)15-7)23(19,20)14-5-8-2-3-9-10(4-8)22-6-21-9/h2-4,7,11,13-15,18H,5-6H2,1H3,(H,16,17). The predicted octanol–water partition coefficient (Wildman–Crippen LogP) is -1.41. The quantitative estimate of drug-likeness (QED) is 0.529. The van der Waals surface area contributed by atoms with Gasteiger partial charge >= 0.3 is 0 Å². The Kier molecular flexibility index (Phi) is 4.15. The van der Waals surface area contributed by atoms with Gasteiger partial charge in [0.15, 0.2) is 23.1 Å². The van der Waals surface area contributed by atoms with Gasteiger partial charge in [0.2, 0.25) is 22.7 Å². The Morgan fingerprint density at radius 2 is 2.09 bits per heavy atom. The summed E-state index contributed by atoms with van der Waals surface area (Å²) in [6.07, 6.45) is -1.25. The lowest BCUT2D eigenvalue weighted by molar-refractivity contribution is -0.127. The van der Waals surface area contributed by atoms with Gasteiger partial charge in [0, 0.05) is 12.6 Å². The van der Waals surface area contributed by atoms with Gasteiger partial charge in [-0.2, -0.15) is 0 Å². The topological polar surface area (TPSA) is 126 Å². The van der Waals surface area contributed by atoms with Crippen molar-refractivity contribution in [2.45, 2.75) is 31.1 Å². The number of rotatable bonds is 4. The van der Waals surface area contributed by atoms with Crippen molar-refractivity contribution >= 4 is 15.9 Å². The lowest BCUT2D eigenvalue weighted by Gasteiger charge is -2.32. The zero-order chi connectivity index (χ0) is 16.6. The summed E-state index contributed by atoms with van der Waals surface area (Å²) in [6, 6.07) is 4.35. The highest BCUT2D eigenvalue weighted by Crippen LogP contribution is 2.32. The van der Waals surface area contributed by atoms with Gasteiger partial charge in [0.25, 0.3) is 0 Å². The van der Waals surface area contributed by atoms with E-state index in [4.69, 9.17) is 9.47 Å². The molecule has 126 valence electrons. The summed E-state index contributed by atoms with van der Waals surface area (Å²) in [6.45, 7) is 1.67. The van der Waals surface area contributed by atoms with Crippen molar-refractivity contribution in [3.8, 4) is 11.5 Å². The van der Waals surface area contributed by atoms with Crippen LogP contribution in [-0.4, -0.2) is 43.9 Å². The minimum atomic E-state index is -3.93. The van der Waals surface area contributed by atoms with Crippen molar-refractivity contribution < 1.29 is 27.8 Å². The fraction of sp³-hybridized carbons (Fsp3) is 0.462. The molecule has 1 aromatic carbocycles. The molecule has 2 aliphatic heterocycles. The van der Waals surface area contributed by atoms with Crippen molar-refractivity contribution in [1.29, 1.82) is 0 Å². The van der Waals surface area contributed by atoms with Crippen LogP contribution < -0.4 is 24.8 Å². The number of carbonyl (C=O) groups is 1. The Morgan fingerprint density at radius 1 is 1.35 bits per heavy atom. The second kappa shape index (κ2) is 5.96. The van der Waals surface area contributed by atoms with Crippen LogP contribution >= 0.6 is 0 Å². The fourth-order valence-electron chi connectivity index (χ4n) is 2.56. The highest BCUT2D eigenvalue weighted by molar-refractivity contribution is 7.90. The molecule has 1 saturated heterocycles. The second-order valence-corrected chi connectivity index (χ2v) is 7.23. The molecule has 0 bridgehead atoms. The maximum atomic E-state index is 12.4. The highest BCUT2D eigenvalue weighted by atomic mass is 32.2. The number of aliphatic hydroxyl groups is 1. The van der Waals surface area contributed by atoms with Crippen molar-refractivity contribution in [2.24, 2.45) is 0 Å². The number of ether oxygens (including phenoxy) is 2. The van der Waals surface area contributed by atoms with E-state index in [0.29, 0.717) is 17.1 Å². The van der Waals surface area contributed by atoms with E-state index in [0.717, 1.165) is 0 Å². The van der Waals surface area contributed by atoms with Crippen molar-refractivity contribution in [3.05, 3.63) is 23.8 Å². The molecule has 1 amide bonds. The van der Waals surface area contributed by atoms with Crippen LogP contribution in [0, 0.1) is 0 Å². The molecule has 1 fully saturated rings. The van der Waals surface area contributed by atoms with Gasteiger partial charge < -0.3 is 19.9 Å². The molecule has 3 unspecified atom stereocenters. The largest absolute Gasteiger partial charge is 0.454 e. The Balaban J connectivity index is 1.70. The van der Waals surface area contributed by atoms with Gasteiger partial charge in [-0.25, -0.2) is 13.1 Å². The SMILES string of the molecule is CC1NC(O)NC(=O)C1S(=O)(=O)NCc1ccc2c(c1)OCO2. The molecule has 10 heteroatoms. The van der Waals surface area contributed by atoms with Crippen LogP contribution in [0.4, 0.5) is 0 Å². The molecule has 1 aromatic rings. The van der Waals surface area contributed by atoms with E-state index in [9.17, 15) is 18.3 Å². The molecular formula is C13H17N3O6S. The molecule has 0 aliphatic carbocycles. The lowest BCUT2D eigenvalue weighted by Crippen LogP contribution is -2.66. The van der Waals surface area contributed by atoms with E-state index >= 15 is 0 Å². The number of sulfonamides is 1. The first-order valence-corrected chi connectivity index (χ1v) is 8.53. The molecule has 0 aromatic heterocycles. The summed E-state index contributed by atoms with van der Waals surface area (Å²) >= 11 is 0. The Hall–Kier alpha value is -1.88. The number of aliphatic hydroxyl groups excluding tert-OH is 1. The van der Waals surface area contributed by atoms with Gasteiger partial charge in [0.05, 0.1) is 0 Å². The van der Waals surface area contributed by atoms with E-state index in [1.165, 1.54) is 6.92 Å². The molecule has 2 aliphatic rings. The van der Waals surface area contributed by atoms with Crippen molar-refractivity contribution in [3.63, 3.8) is 0 Å². The van der Waals surface area contributed by atoms with E-state index in [-0.39, 0.29) is 13.3 Å². The molecule has 3 rings (SSSR count). The smallest absolute Gasteiger partial charge is 0.244 e. The van der Waals surface area contributed by atoms with E-state index < -0.39 is 33.6 Å². The summed E-state index contributed by atoms with van der Waals surface area (Å²) in [5.41, 5.74) is 0.676. The van der Waals surface area contributed by atoms with Crippen LogP contribution in [0.15, 0.2) is 18.2 Å². The van der Waals surface area contributed by atoms with E-state index in [1.807, 2.05) is 0 Å². The molecule has 23 heavy (non-hydrogen) atoms. The average Bonchev–Trinajstić information content (AvgIpc) is 2.91. The number of carbonyl (C=O) groups excluding carboxylic acids is 1. The molecule has 2 heterocycles. The van der Waals surface area contributed by atoms with Gasteiger partial charge in [-0.05, 0) is 24.6 Å². The van der Waals surface area contributed by atoms with Crippen LogP contribution in [0.2, 0.25) is 0 Å². The Bertz CT molecular complexity index is 722. The molecular weight excluding hydrogens is 326 g/mol. The normalized spacial score (nSPS) is 26.9. The van der Waals surface area contributed by atoms with Crippen molar-refractivity contribution in [2.75, 3.05) is 6.79 Å². The first-order valence-electron chi connectivity index (χ1n) is 6.98. The lowest BCUT2D eigenvalue weighted by atomic mass is 10.2. The van der Waals surface area contributed by atoms with Crippen LogP contribution in [0.3, 0.4) is 0 Å². The third kappa shape index (κ3) is 3.24. The maximum Gasteiger partial charge on any atom is 0.244 e. The number of nitrogens with one attached hydrogen (secondary N) is 3. The summed E-state index contributed by atoms with van der Waals surface area (Å²) < 4.78 is 37.6. The van der Waals surface area contributed by atoms with Gasteiger partial charge in [-0.1, -0.05) is 6.07 Å². The molecule has 0 radical (unpaired) electrons. The van der Waals surface area contributed by atoms with E-state index in [2.05, 4.69) is 15.4 Å². The van der Waals surface area contributed by atoms with Crippen LogP contribution in [0.1, 0.15) is 12.5 Å². The molecule has 9 nitrogen and oxygen atoms in total. The van der Waals surface area contributed by atoms with E-state index in [1.54, 1.807) is 18.2 Å². The van der Waals surface area contributed by atoms with Crippen LogP contribution in [-0.2, 0) is 21.4 Å². The average molecular weight is 343 g/mol. The monoisotopic (exact) mass is 343 g/mol. The number of hydrogen-bond donors (Lipinski definition) is 4. The molecule has 3 atom stereocenters. The third-order valence-corrected chi connectivity index (χ3v) is 5.50. The van der Waals surface area contributed by atoms with Gasteiger partial charge in [-0.15, -0.1) is 0 Å². The molecule has 0 spiro atoms. The second-order valence-electron chi connectivity index (χ2n) is 5.34. The first-order chi connectivity index (χ1) is 10.9. The summed E-state index contributed by atoms with van der Waals surface area (Å²) in [5, 5.41) is 12.7.